The molecule has 0 bridgehead atoms. The van der Waals surface area contributed by atoms with Crippen molar-refractivity contribution in [1.29, 1.82) is 0 Å². The van der Waals surface area contributed by atoms with Crippen molar-refractivity contribution in [1.82, 2.24) is 0 Å². The van der Waals surface area contributed by atoms with Crippen LogP contribution in [0.3, 0.4) is 0 Å². The summed E-state index contributed by atoms with van der Waals surface area (Å²) in [5, 5.41) is 0.840. The van der Waals surface area contributed by atoms with Crippen LogP contribution >= 0.6 is 47.8 Å². The minimum atomic E-state index is -0.208. The second-order valence-electron chi connectivity index (χ2n) is 4.32. The Bertz CT molecular complexity index is 569. The van der Waals surface area contributed by atoms with E-state index in [0.717, 1.165) is 21.8 Å². The normalized spacial score (nSPS) is 12.4. The molecule has 0 aromatic heterocycles. The average molecular weight is 451 g/mol. The molecule has 0 spiro atoms. The van der Waals surface area contributed by atoms with E-state index in [-0.39, 0.29) is 5.82 Å². The Balaban J connectivity index is 2.26. The zero-order chi connectivity index (χ0) is 13.8. The van der Waals surface area contributed by atoms with Crippen LogP contribution in [-0.4, -0.2) is 5.33 Å². The molecule has 0 aliphatic heterocycles. The lowest BCUT2D eigenvalue weighted by molar-refractivity contribution is 0.616. The molecular formula is C15H12Br3F. The number of hydrogen-bond donors (Lipinski definition) is 0. The van der Waals surface area contributed by atoms with E-state index < -0.39 is 0 Å². The van der Waals surface area contributed by atoms with Crippen LogP contribution in [0.2, 0.25) is 0 Å². The summed E-state index contributed by atoms with van der Waals surface area (Å²) in [4.78, 5) is 0. The van der Waals surface area contributed by atoms with Crippen molar-refractivity contribution in [2.75, 3.05) is 5.33 Å². The van der Waals surface area contributed by atoms with Crippen LogP contribution in [0, 0.1) is 5.82 Å². The molecule has 0 N–H and O–H groups in total. The zero-order valence-electron chi connectivity index (χ0n) is 10.0. The Kier molecular flexibility index (Phi) is 5.60. The minimum Gasteiger partial charge on any atom is -0.206 e. The fourth-order valence-electron chi connectivity index (χ4n) is 1.99. The van der Waals surface area contributed by atoms with Crippen molar-refractivity contribution >= 4 is 47.8 Å². The monoisotopic (exact) mass is 448 g/mol. The topological polar surface area (TPSA) is 0 Å². The Hall–Kier alpha value is -0.190. The third-order valence-corrected chi connectivity index (χ3v) is 5.17. The van der Waals surface area contributed by atoms with Gasteiger partial charge in [-0.3, -0.25) is 0 Å². The van der Waals surface area contributed by atoms with Gasteiger partial charge in [-0.25, -0.2) is 4.39 Å². The van der Waals surface area contributed by atoms with E-state index in [1.165, 1.54) is 11.6 Å². The molecule has 1 atom stereocenters. The van der Waals surface area contributed by atoms with Crippen LogP contribution in [0.15, 0.2) is 51.4 Å². The van der Waals surface area contributed by atoms with Gasteiger partial charge in [0.25, 0.3) is 0 Å². The molecule has 0 amide bonds. The maximum Gasteiger partial charge on any atom is 0.137 e. The molecule has 2 rings (SSSR count). The summed E-state index contributed by atoms with van der Waals surface area (Å²) < 4.78 is 15.2. The molecule has 4 heteroatoms. The summed E-state index contributed by atoms with van der Waals surface area (Å²) in [6.45, 7) is 0. The highest BCUT2D eigenvalue weighted by Gasteiger charge is 2.14. The number of alkyl halides is 1. The lowest BCUT2D eigenvalue weighted by Gasteiger charge is -2.16. The van der Waals surface area contributed by atoms with Crippen molar-refractivity contribution in [2.45, 2.75) is 12.3 Å². The first-order valence-corrected chi connectivity index (χ1v) is 8.57. The van der Waals surface area contributed by atoms with E-state index in [9.17, 15) is 4.39 Å². The van der Waals surface area contributed by atoms with Gasteiger partial charge in [0.2, 0.25) is 0 Å². The van der Waals surface area contributed by atoms with E-state index in [4.69, 9.17) is 0 Å². The fraction of sp³-hybridized carbons (Fsp3) is 0.200. The van der Waals surface area contributed by atoms with E-state index in [1.54, 1.807) is 6.07 Å². The Morgan fingerprint density at radius 1 is 1.05 bits per heavy atom. The van der Waals surface area contributed by atoms with E-state index in [2.05, 4.69) is 59.9 Å². The summed E-state index contributed by atoms with van der Waals surface area (Å²) >= 11 is 10.4. The predicted molar refractivity (Wildman–Crippen MR) is 88.5 cm³/mol. The number of rotatable bonds is 4. The van der Waals surface area contributed by atoms with Gasteiger partial charge in [-0.1, -0.05) is 56.1 Å². The molecule has 100 valence electrons. The van der Waals surface area contributed by atoms with E-state index in [1.807, 2.05) is 18.2 Å². The second kappa shape index (κ2) is 7.00. The maximum atomic E-state index is 13.5. The van der Waals surface area contributed by atoms with Gasteiger partial charge in [-0.15, -0.1) is 0 Å². The third-order valence-electron chi connectivity index (χ3n) is 3.00. The van der Waals surface area contributed by atoms with Crippen LogP contribution in [-0.2, 0) is 6.42 Å². The molecule has 0 fully saturated rings. The van der Waals surface area contributed by atoms with Gasteiger partial charge in [0.05, 0.1) is 4.47 Å². The molecule has 2 aromatic carbocycles. The number of halogens is 4. The van der Waals surface area contributed by atoms with Crippen molar-refractivity contribution in [2.24, 2.45) is 0 Å². The molecule has 2 aromatic rings. The molecule has 0 heterocycles. The molecule has 0 radical (unpaired) electrons. The molecule has 0 saturated carbocycles. The lowest BCUT2D eigenvalue weighted by atomic mass is 9.94. The Morgan fingerprint density at radius 2 is 1.79 bits per heavy atom. The Morgan fingerprint density at radius 3 is 2.47 bits per heavy atom. The first-order valence-electron chi connectivity index (χ1n) is 5.86. The van der Waals surface area contributed by atoms with Gasteiger partial charge in [0, 0.05) is 9.80 Å². The number of benzene rings is 2. The van der Waals surface area contributed by atoms with Gasteiger partial charge in [0.15, 0.2) is 0 Å². The van der Waals surface area contributed by atoms with Gasteiger partial charge in [0.1, 0.15) is 5.82 Å². The summed E-state index contributed by atoms with van der Waals surface area (Å²) in [5.41, 5.74) is 2.23. The highest BCUT2D eigenvalue weighted by molar-refractivity contribution is 9.10. The largest absolute Gasteiger partial charge is 0.206 e. The second-order valence-corrected chi connectivity index (χ2v) is 6.68. The molecule has 0 nitrogen and oxygen atoms in total. The third kappa shape index (κ3) is 3.89. The van der Waals surface area contributed by atoms with Gasteiger partial charge in [-0.2, -0.15) is 0 Å². The highest BCUT2D eigenvalue weighted by Crippen LogP contribution is 2.29. The van der Waals surface area contributed by atoms with Crippen molar-refractivity contribution in [3.8, 4) is 0 Å². The number of hydrogen-bond acceptors (Lipinski definition) is 0. The van der Waals surface area contributed by atoms with Crippen LogP contribution in [0.1, 0.15) is 17.0 Å². The predicted octanol–water partition coefficient (Wildman–Crippen LogP) is 6.07. The molecular weight excluding hydrogens is 439 g/mol. The molecule has 0 aliphatic carbocycles. The van der Waals surface area contributed by atoms with Crippen molar-refractivity contribution < 1.29 is 4.39 Å². The zero-order valence-corrected chi connectivity index (χ0v) is 14.8. The minimum absolute atomic E-state index is 0.208. The molecule has 19 heavy (non-hydrogen) atoms. The SMILES string of the molecule is Fc1cccc(CC(CBr)c2cccc(Br)c2)c1Br. The van der Waals surface area contributed by atoms with Crippen molar-refractivity contribution in [3.05, 3.63) is 68.4 Å². The van der Waals surface area contributed by atoms with Crippen LogP contribution in [0.4, 0.5) is 4.39 Å². The highest BCUT2D eigenvalue weighted by atomic mass is 79.9. The molecule has 0 aliphatic rings. The van der Waals surface area contributed by atoms with Crippen LogP contribution in [0.25, 0.3) is 0 Å². The quantitative estimate of drug-likeness (QED) is 0.496. The first kappa shape index (κ1) is 15.2. The van der Waals surface area contributed by atoms with Crippen LogP contribution in [0.5, 0.6) is 0 Å². The van der Waals surface area contributed by atoms with Gasteiger partial charge >= 0.3 is 0 Å². The summed E-state index contributed by atoms with van der Waals surface area (Å²) in [5.74, 6) is 0.107. The van der Waals surface area contributed by atoms with Crippen LogP contribution < -0.4 is 0 Å². The van der Waals surface area contributed by atoms with Gasteiger partial charge in [-0.05, 0) is 57.6 Å². The molecule has 1 unspecified atom stereocenters. The van der Waals surface area contributed by atoms with Gasteiger partial charge < -0.3 is 0 Å². The molecule has 0 saturated heterocycles. The lowest BCUT2D eigenvalue weighted by Crippen LogP contribution is -2.05. The maximum absolute atomic E-state index is 13.5. The smallest absolute Gasteiger partial charge is 0.137 e. The first-order chi connectivity index (χ1) is 9.11. The summed E-state index contributed by atoms with van der Waals surface area (Å²) in [6, 6.07) is 13.4. The summed E-state index contributed by atoms with van der Waals surface area (Å²) in [7, 11) is 0. The van der Waals surface area contributed by atoms with Crippen molar-refractivity contribution in [3.63, 3.8) is 0 Å². The Labute approximate surface area is 137 Å². The summed E-state index contributed by atoms with van der Waals surface area (Å²) in [6.07, 6.45) is 0.792. The van der Waals surface area contributed by atoms with E-state index in [0.29, 0.717) is 10.4 Å². The standard InChI is InChI=1S/C15H12Br3F/c16-9-12(10-3-1-5-13(17)8-10)7-11-4-2-6-14(19)15(11)18/h1-6,8,12H,7,9H2. The average Bonchev–Trinajstić information content (AvgIpc) is 2.40. The fourth-order valence-corrected chi connectivity index (χ4v) is 3.44. The van der Waals surface area contributed by atoms with E-state index >= 15 is 0 Å².